The van der Waals surface area contributed by atoms with Gasteiger partial charge in [-0.2, -0.15) is 5.26 Å². The summed E-state index contributed by atoms with van der Waals surface area (Å²) in [6, 6.07) is 12.7. The number of benzene rings is 2. The minimum absolute atomic E-state index is 0.0275. The maximum Gasteiger partial charge on any atom is 0.266 e. The fraction of sp³-hybridized carbons (Fsp3) is 0.304. The van der Waals surface area contributed by atoms with Crippen molar-refractivity contribution in [3.05, 3.63) is 63.1 Å². The fourth-order valence-corrected chi connectivity index (χ4v) is 4.17. The highest BCUT2D eigenvalue weighted by atomic mass is 35.5. The number of rotatable bonds is 3. The summed E-state index contributed by atoms with van der Waals surface area (Å²) in [5, 5.41) is 13.1. The second-order valence-electron chi connectivity index (χ2n) is 8.01. The Morgan fingerprint density at radius 1 is 1.28 bits per heavy atom. The zero-order chi connectivity index (χ0) is 21.3. The smallest absolute Gasteiger partial charge is 0.266 e. The summed E-state index contributed by atoms with van der Waals surface area (Å²) < 4.78 is 0. The summed E-state index contributed by atoms with van der Waals surface area (Å²) in [5.41, 5.74) is 3.33. The van der Waals surface area contributed by atoms with E-state index < -0.39 is 5.91 Å². The van der Waals surface area contributed by atoms with Crippen LogP contribution in [0.3, 0.4) is 0 Å². The standard InChI is InChI=1S/C23H23Cl2N3O/c1-14-12-23(2,3)28(4)21-11-19(25)15(10-17(14)21)9-16(13-26)22(29)27-20-8-6-5-7-18(20)24/h5-11,14H,12H2,1-4H3,(H,27,29)/b16-9-. The molecule has 0 spiro atoms. The van der Waals surface area contributed by atoms with Crippen molar-refractivity contribution in [3.63, 3.8) is 0 Å². The van der Waals surface area contributed by atoms with Crippen LogP contribution in [0.2, 0.25) is 10.0 Å². The lowest BCUT2D eigenvalue weighted by Gasteiger charge is -2.45. The normalized spacial score (nSPS) is 18.0. The van der Waals surface area contributed by atoms with E-state index in [1.54, 1.807) is 24.3 Å². The molecule has 1 amide bonds. The van der Waals surface area contributed by atoms with E-state index in [0.717, 1.165) is 17.7 Å². The van der Waals surface area contributed by atoms with E-state index in [4.69, 9.17) is 23.2 Å². The first-order valence-corrected chi connectivity index (χ1v) is 10.1. The Bertz CT molecular complexity index is 1040. The number of nitriles is 1. The number of nitrogens with one attached hydrogen (secondary N) is 1. The zero-order valence-electron chi connectivity index (χ0n) is 16.9. The Labute approximate surface area is 181 Å². The van der Waals surface area contributed by atoms with E-state index in [2.05, 4.69) is 38.0 Å². The van der Waals surface area contributed by atoms with Crippen LogP contribution in [0.5, 0.6) is 0 Å². The molecule has 4 nitrogen and oxygen atoms in total. The summed E-state index contributed by atoms with van der Waals surface area (Å²) in [6.07, 6.45) is 2.53. The van der Waals surface area contributed by atoms with Gasteiger partial charge in [0.15, 0.2) is 0 Å². The molecular formula is C23H23Cl2N3O. The van der Waals surface area contributed by atoms with Gasteiger partial charge in [0.2, 0.25) is 0 Å². The van der Waals surface area contributed by atoms with Crippen molar-refractivity contribution < 1.29 is 4.79 Å². The second-order valence-corrected chi connectivity index (χ2v) is 8.83. The van der Waals surface area contributed by atoms with Gasteiger partial charge >= 0.3 is 0 Å². The van der Waals surface area contributed by atoms with Gasteiger partial charge in [-0.25, -0.2) is 0 Å². The topological polar surface area (TPSA) is 56.1 Å². The van der Waals surface area contributed by atoms with Crippen LogP contribution in [0, 0.1) is 11.3 Å². The van der Waals surface area contributed by atoms with E-state index >= 15 is 0 Å². The number of halogens is 2. The molecule has 3 rings (SSSR count). The number of carbonyl (C=O) groups excluding carboxylic acids is 1. The van der Waals surface area contributed by atoms with E-state index in [9.17, 15) is 10.1 Å². The van der Waals surface area contributed by atoms with Crippen LogP contribution in [0.15, 0.2) is 42.0 Å². The number of anilines is 2. The number of para-hydroxylation sites is 1. The Hall–Kier alpha value is -2.48. The zero-order valence-corrected chi connectivity index (χ0v) is 18.4. The van der Waals surface area contributed by atoms with E-state index in [1.807, 2.05) is 18.2 Å². The van der Waals surface area contributed by atoms with Gasteiger partial charge in [-0.15, -0.1) is 0 Å². The average molecular weight is 428 g/mol. The molecule has 0 aromatic heterocycles. The number of carbonyl (C=O) groups is 1. The molecule has 2 aromatic carbocycles. The number of hydrogen-bond donors (Lipinski definition) is 1. The quantitative estimate of drug-likeness (QED) is 0.464. The molecule has 0 bridgehead atoms. The van der Waals surface area contributed by atoms with Crippen molar-refractivity contribution in [2.24, 2.45) is 0 Å². The van der Waals surface area contributed by atoms with Gasteiger partial charge < -0.3 is 10.2 Å². The number of nitrogens with zero attached hydrogens (tertiary/aromatic N) is 2. The summed E-state index contributed by atoms with van der Waals surface area (Å²) >= 11 is 12.6. The lowest BCUT2D eigenvalue weighted by Crippen LogP contribution is -2.45. The van der Waals surface area contributed by atoms with Crippen molar-refractivity contribution in [1.29, 1.82) is 5.26 Å². The SMILES string of the molecule is CC1CC(C)(C)N(C)c2cc(Cl)c(/C=C(/C#N)C(=O)Nc3ccccc3Cl)cc21. The number of fused-ring (bicyclic) bond motifs is 1. The first-order chi connectivity index (χ1) is 13.6. The Morgan fingerprint density at radius 3 is 2.62 bits per heavy atom. The third kappa shape index (κ3) is 4.27. The van der Waals surface area contributed by atoms with Crippen molar-refractivity contribution in [2.75, 3.05) is 17.3 Å². The van der Waals surface area contributed by atoms with Gasteiger partial charge in [0.05, 0.1) is 10.7 Å². The van der Waals surface area contributed by atoms with E-state index in [0.29, 0.717) is 27.2 Å². The summed E-state index contributed by atoms with van der Waals surface area (Å²) in [6.45, 7) is 6.60. The molecule has 1 N–H and O–H groups in total. The third-order valence-corrected chi connectivity index (χ3v) is 6.20. The van der Waals surface area contributed by atoms with Crippen LogP contribution in [0.1, 0.15) is 44.2 Å². The molecule has 0 aliphatic carbocycles. The Morgan fingerprint density at radius 2 is 1.97 bits per heavy atom. The molecule has 0 fully saturated rings. The molecule has 0 saturated carbocycles. The van der Waals surface area contributed by atoms with Crippen molar-refractivity contribution >= 4 is 46.6 Å². The first-order valence-electron chi connectivity index (χ1n) is 9.39. The molecule has 29 heavy (non-hydrogen) atoms. The molecule has 0 saturated heterocycles. The Kier molecular flexibility index (Phi) is 5.93. The molecule has 1 aliphatic heterocycles. The van der Waals surface area contributed by atoms with Crippen LogP contribution >= 0.6 is 23.2 Å². The predicted octanol–water partition coefficient (Wildman–Crippen LogP) is 6.26. The monoisotopic (exact) mass is 427 g/mol. The Balaban J connectivity index is 1.97. The lowest BCUT2D eigenvalue weighted by molar-refractivity contribution is -0.112. The molecule has 2 aromatic rings. The van der Waals surface area contributed by atoms with Crippen molar-refractivity contribution in [2.45, 2.75) is 38.6 Å². The van der Waals surface area contributed by atoms with Crippen molar-refractivity contribution in [1.82, 2.24) is 0 Å². The highest BCUT2D eigenvalue weighted by Gasteiger charge is 2.34. The molecule has 1 aliphatic rings. The van der Waals surface area contributed by atoms with Crippen LogP contribution in [-0.2, 0) is 4.79 Å². The van der Waals surface area contributed by atoms with E-state index in [1.165, 1.54) is 6.08 Å². The average Bonchev–Trinajstić information content (AvgIpc) is 2.66. The maximum absolute atomic E-state index is 12.6. The van der Waals surface area contributed by atoms with Crippen LogP contribution < -0.4 is 10.2 Å². The minimum atomic E-state index is -0.527. The van der Waals surface area contributed by atoms with Gasteiger partial charge in [0, 0.05) is 23.3 Å². The van der Waals surface area contributed by atoms with Gasteiger partial charge in [-0.1, -0.05) is 42.3 Å². The van der Waals surface area contributed by atoms with Gasteiger partial charge in [-0.05, 0) is 67.7 Å². The minimum Gasteiger partial charge on any atom is -0.369 e. The van der Waals surface area contributed by atoms with E-state index in [-0.39, 0.29) is 11.1 Å². The second kappa shape index (κ2) is 8.10. The van der Waals surface area contributed by atoms with Crippen LogP contribution in [0.4, 0.5) is 11.4 Å². The molecular weight excluding hydrogens is 405 g/mol. The molecule has 6 heteroatoms. The molecule has 1 unspecified atom stereocenters. The summed E-state index contributed by atoms with van der Waals surface area (Å²) in [5.74, 6) is -0.191. The van der Waals surface area contributed by atoms with Gasteiger partial charge in [0.1, 0.15) is 11.6 Å². The van der Waals surface area contributed by atoms with Crippen LogP contribution in [0.25, 0.3) is 6.08 Å². The maximum atomic E-state index is 12.6. The molecule has 1 atom stereocenters. The molecule has 1 heterocycles. The summed E-state index contributed by atoms with van der Waals surface area (Å²) in [7, 11) is 2.06. The largest absolute Gasteiger partial charge is 0.369 e. The van der Waals surface area contributed by atoms with Gasteiger partial charge in [-0.3, -0.25) is 4.79 Å². The number of hydrogen-bond acceptors (Lipinski definition) is 3. The van der Waals surface area contributed by atoms with Crippen LogP contribution in [-0.4, -0.2) is 18.5 Å². The highest BCUT2D eigenvalue weighted by molar-refractivity contribution is 6.34. The van der Waals surface area contributed by atoms with Gasteiger partial charge in [0.25, 0.3) is 5.91 Å². The summed E-state index contributed by atoms with van der Waals surface area (Å²) in [4.78, 5) is 14.8. The molecule has 0 radical (unpaired) electrons. The molecule has 150 valence electrons. The first kappa shape index (κ1) is 21.2. The lowest BCUT2D eigenvalue weighted by atomic mass is 9.80. The fourth-order valence-electron chi connectivity index (χ4n) is 3.77. The predicted molar refractivity (Wildman–Crippen MR) is 121 cm³/mol. The highest BCUT2D eigenvalue weighted by Crippen LogP contribution is 2.44. The number of amides is 1. The van der Waals surface area contributed by atoms with Crippen molar-refractivity contribution in [3.8, 4) is 6.07 Å². The third-order valence-electron chi connectivity index (χ3n) is 5.54.